The van der Waals surface area contributed by atoms with E-state index in [2.05, 4.69) is 10.3 Å². The Bertz CT molecular complexity index is 1590. The van der Waals surface area contributed by atoms with Gasteiger partial charge in [0.25, 0.3) is 0 Å². The number of primary amides is 1. The molecule has 5 rings (SSSR count). The molecule has 3 heterocycles. The zero-order valence-electron chi connectivity index (χ0n) is 23.9. The predicted molar refractivity (Wildman–Crippen MR) is 162 cm³/mol. The summed E-state index contributed by atoms with van der Waals surface area (Å²) in [7, 11) is 0. The normalized spacial score (nSPS) is 18.7. The number of ether oxygens (including phenoxy) is 1. The fourth-order valence-corrected chi connectivity index (χ4v) is 5.74. The minimum absolute atomic E-state index is 0.107. The summed E-state index contributed by atoms with van der Waals surface area (Å²) < 4.78 is 6.32. The molecule has 1 aromatic heterocycles. The van der Waals surface area contributed by atoms with Gasteiger partial charge in [0, 0.05) is 29.1 Å². The number of benzene rings is 2. The lowest BCUT2D eigenvalue weighted by atomic mass is 9.98. The molecule has 2 aliphatic rings. The van der Waals surface area contributed by atoms with Gasteiger partial charge < -0.3 is 20.7 Å². The van der Waals surface area contributed by atoms with Gasteiger partial charge in [-0.1, -0.05) is 29.8 Å². The lowest BCUT2D eigenvalue weighted by molar-refractivity contribution is -0.123. The number of nitrogens with one attached hydrogen (secondary N) is 1. The second-order valence-electron chi connectivity index (χ2n) is 11.2. The molecule has 11 nitrogen and oxygen atoms in total. The third-order valence-corrected chi connectivity index (χ3v) is 7.70. The molecule has 3 aromatic rings. The molecular formula is C30H31ClN6O5S. The molecule has 0 spiro atoms. The number of halogens is 1. The molecule has 43 heavy (non-hydrogen) atoms. The van der Waals surface area contributed by atoms with Crippen LogP contribution in [0.5, 0.6) is 5.75 Å². The monoisotopic (exact) mass is 622 g/mol. The van der Waals surface area contributed by atoms with Crippen LogP contribution in [0.3, 0.4) is 0 Å². The number of hydrogen-bond donors (Lipinski definition) is 2. The van der Waals surface area contributed by atoms with E-state index in [-0.39, 0.29) is 18.0 Å². The van der Waals surface area contributed by atoms with E-state index < -0.39 is 41.8 Å². The van der Waals surface area contributed by atoms with Crippen LogP contribution in [0.1, 0.15) is 66.5 Å². The standard InChI is InChI=1S/C30H31ClN6O5S/c1-30(2,3)42-23-12-18(22(38)13-24(32)39)6-9-20(23)28-35-26(17-4-7-19(31)8-5-17)27(21-15-43-16-34-21)37(28)29(41)36-11-10-33-25(40)14-36/h4-9,12,15-16,26-27H,10-11,13-14H2,1-3H3,(H2,32,39)(H,33,40). The first kappa shape index (κ1) is 30.2. The van der Waals surface area contributed by atoms with Gasteiger partial charge in [-0.2, -0.15) is 0 Å². The van der Waals surface area contributed by atoms with Crippen molar-refractivity contribution in [3.8, 4) is 5.75 Å². The zero-order chi connectivity index (χ0) is 30.9. The van der Waals surface area contributed by atoms with Crippen molar-refractivity contribution in [3.63, 3.8) is 0 Å². The summed E-state index contributed by atoms with van der Waals surface area (Å²) in [5.74, 6) is -0.873. The van der Waals surface area contributed by atoms with Gasteiger partial charge in [-0.3, -0.25) is 24.3 Å². The van der Waals surface area contributed by atoms with E-state index in [1.54, 1.807) is 40.7 Å². The van der Waals surface area contributed by atoms with Crippen molar-refractivity contribution in [1.82, 2.24) is 20.1 Å². The molecule has 2 atom stereocenters. The van der Waals surface area contributed by atoms with Crippen LogP contribution in [-0.4, -0.2) is 69.5 Å². The van der Waals surface area contributed by atoms with Gasteiger partial charge >= 0.3 is 6.03 Å². The molecule has 2 aliphatic heterocycles. The summed E-state index contributed by atoms with van der Waals surface area (Å²) in [5, 5.41) is 5.18. The fourth-order valence-electron chi connectivity index (χ4n) is 5.03. The molecule has 2 aromatic carbocycles. The summed E-state index contributed by atoms with van der Waals surface area (Å²) in [6.07, 6.45) is -0.457. The number of ketones is 1. The van der Waals surface area contributed by atoms with Crippen molar-refractivity contribution in [3.05, 3.63) is 80.8 Å². The number of urea groups is 1. The maximum absolute atomic E-state index is 14.4. The van der Waals surface area contributed by atoms with Crippen molar-refractivity contribution >= 4 is 52.4 Å². The molecule has 0 aliphatic carbocycles. The largest absolute Gasteiger partial charge is 0.487 e. The summed E-state index contributed by atoms with van der Waals surface area (Å²) in [6, 6.07) is 10.3. The molecule has 2 unspecified atom stereocenters. The molecule has 1 fully saturated rings. The van der Waals surface area contributed by atoms with Crippen LogP contribution in [0.2, 0.25) is 5.02 Å². The molecule has 3 N–H and O–H groups in total. The van der Waals surface area contributed by atoms with E-state index >= 15 is 0 Å². The number of amidine groups is 1. The topological polar surface area (TPSA) is 147 Å². The van der Waals surface area contributed by atoms with Crippen molar-refractivity contribution < 1.29 is 23.9 Å². The number of piperazine rings is 1. The van der Waals surface area contributed by atoms with Crippen LogP contribution in [0, 0.1) is 0 Å². The number of carbonyl (C=O) groups excluding carboxylic acids is 4. The summed E-state index contributed by atoms with van der Waals surface area (Å²) in [5.41, 5.74) is 8.39. The highest BCUT2D eigenvalue weighted by molar-refractivity contribution is 7.07. The van der Waals surface area contributed by atoms with Crippen LogP contribution >= 0.6 is 22.9 Å². The number of hydrogen-bond acceptors (Lipinski definition) is 8. The van der Waals surface area contributed by atoms with E-state index in [4.69, 9.17) is 27.1 Å². The first-order valence-electron chi connectivity index (χ1n) is 13.6. The van der Waals surface area contributed by atoms with Crippen LogP contribution in [-0.2, 0) is 9.59 Å². The van der Waals surface area contributed by atoms with Crippen molar-refractivity contribution in [2.75, 3.05) is 19.6 Å². The molecule has 4 amide bonds. The minimum atomic E-state index is -0.744. The Kier molecular flexibility index (Phi) is 8.52. The van der Waals surface area contributed by atoms with E-state index in [1.165, 1.54) is 16.2 Å². The second kappa shape index (κ2) is 12.1. The van der Waals surface area contributed by atoms with E-state index in [0.717, 1.165) is 5.56 Å². The Morgan fingerprint density at radius 3 is 2.53 bits per heavy atom. The fraction of sp³-hybridized carbons (Fsp3) is 0.333. The molecule has 0 bridgehead atoms. The summed E-state index contributed by atoms with van der Waals surface area (Å²) in [4.78, 5) is 63.6. The maximum Gasteiger partial charge on any atom is 0.326 e. The maximum atomic E-state index is 14.4. The lowest BCUT2D eigenvalue weighted by Gasteiger charge is -2.35. The van der Waals surface area contributed by atoms with Crippen LogP contribution in [0.25, 0.3) is 0 Å². The second-order valence-corrected chi connectivity index (χ2v) is 12.4. The quantitative estimate of drug-likeness (QED) is 0.299. The van der Waals surface area contributed by atoms with Crippen LogP contribution < -0.4 is 15.8 Å². The van der Waals surface area contributed by atoms with E-state index in [1.807, 2.05) is 38.3 Å². The number of nitrogens with two attached hydrogens (primary N) is 1. The SMILES string of the molecule is CC(C)(C)Oc1cc(C(=O)CC(N)=O)ccc1C1=NC(c2ccc(Cl)cc2)C(c2cscn2)N1C(=O)N1CCNC(=O)C1. The summed E-state index contributed by atoms with van der Waals surface area (Å²) >= 11 is 7.59. The minimum Gasteiger partial charge on any atom is -0.487 e. The number of nitrogens with zero attached hydrogens (tertiary/aromatic N) is 4. The highest BCUT2D eigenvalue weighted by Crippen LogP contribution is 2.45. The number of Topliss-reactive ketones (excluding diaryl/α,β-unsaturated/α-hetero) is 1. The summed E-state index contributed by atoms with van der Waals surface area (Å²) in [6.45, 7) is 6.10. The first-order valence-corrected chi connectivity index (χ1v) is 14.9. The van der Waals surface area contributed by atoms with Crippen LogP contribution in [0.15, 0.2) is 58.3 Å². The molecule has 1 saturated heterocycles. The van der Waals surface area contributed by atoms with Crippen molar-refractivity contribution in [2.24, 2.45) is 10.7 Å². The Morgan fingerprint density at radius 2 is 1.91 bits per heavy atom. The molecule has 13 heteroatoms. The molecule has 0 radical (unpaired) electrons. The molecule has 0 saturated carbocycles. The van der Waals surface area contributed by atoms with Gasteiger partial charge in [-0.15, -0.1) is 11.3 Å². The highest BCUT2D eigenvalue weighted by atomic mass is 35.5. The van der Waals surface area contributed by atoms with Crippen LogP contribution in [0.4, 0.5) is 4.79 Å². The average Bonchev–Trinajstić information content (AvgIpc) is 3.60. The van der Waals surface area contributed by atoms with E-state index in [0.29, 0.717) is 41.0 Å². The van der Waals surface area contributed by atoms with Gasteiger partial charge in [-0.05, 0) is 50.6 Å². The van der Waals surface area contributed by atoms with Gasteiger partial charge in [0.1, 0.15) is 35.8 Å². The Labute approximate surface area is 257 Å². The van der Waals surface area contributed by atoms with Gasteiger partial charge in [0.2, 0.25) is 11.8 Å². The van der Waals surface area contributed by atoms with Gasteiger partial charge in [0.15, 0.2) is 5.78 Å². The third-order valence-electron chi connectivity index (χ3n) is 6.84. The highest BCUT2D eigenvalue weighted by Gasteiger charge is 2.46. The first-order chi connectivity index (χ1) is 20.4. The predicted octanol–water partition coefficient (Wildman–Crippen LogP) is 4.13. The Morgan fingerprint density at radius 1 is 1.16 bits per heavy atom. The number of aliphatic imine (C=N–C) groups is 1. The zero-order valence-corrected chi connectivity index (χ0v) is 25.4. The van der Waals surface area contributed by atoms with Crippen molar-refractivity contribution in [1.29, 1.82) is 0 Å². The number of aromatic nitrogens is 1. The molecular weight excluding hydrogens is 592 g/mol. The Balaban J connectivity index is 1.69. The number of carbonyl (C=O) groups is 4. The van der Waals surface area contributed by atoms with E-state index in [9.17, 15) is 19.2 Å². The lowest BCUT2D eigenvalue weighted by Crippen LogP contribution is -2.55. The number of rotatable bonds is 7. The average molecular weight is 623 g/mol. The Hall–Kier alpha value is -4.29. The third kappa shape index (κ3) is 6.70. The molecule has 224 valence electrons. The number of amides is 4. The number of thiazole rings is 1. The smallest absolute Gasteiger partial charge is 0.326 e. The van der Waals surface area contributed by atoms with Gasteiger partial charge in [0.05, 0.1) is 23.2 Å². The van der Waals surface area contributed by atoms with Gasteiger partial charge in [-0.25, -0.2) is 9.78 Å². The van der Waals surface area contributed by atoms with Crippen molar-refractivity contribution in [2.45, 2.75) is 44.9 Å².